The van der Waals surface area contributed by atoms with Crippen molar-refractivity contribution in [3.05, 3.63) is 63.2 Å². The largest absolute Gasteiger partial charge is 0.484 e. The van der Waals surface area contributed by atoms with E-state index < -0.39 is 0 Å². The van der Waals surface area contributed by atoms with Crippen molar-refractivity contribution in [3.8, 4) is 5.75 Å². The van der Waals surface area contributed by atoms with Crippen molar-refractivity contribution in [3.63, 3.8) is 0 Å². The molecule has 1 aliphatic heterocycles. The molecule has 0 N–H and O–H groups in total. The molecule has 1 unspecified atom stereocenters. The number of carbonyl (C=O) groups is 1. The average Bonchev–Trinajstić information content (AvgIpc) is 2.42. The van der Waals surface area contributed by atoms with Crippen molar-refractivity contribution >= 4 is 5.78 Å². The number of hydrogen-bond donors (Lipinski definition) is 0. The van der Waals surface area contributed by atoms with Gasteiger partial charge in [0.1, 0.15) is 11.9 Å². The lowest BCUT2D eigenvalue weighted by Crippen LogP contribution is -2.21. The summed E-state index contributed by atoms with van der Waals surface area (Å²) in [7, 11) is 0. The van der Waals surface area contributed by atoms with Gasteiger partial charge in [0.25, 0.3) is 0 Å². The van der Waals surface area contributed by atoms with E-state index in [1.807, 2.05) is 26.0 Å². The van der Waals surface area contributed by atoms with Gasteiger partial charge >= 0.3 is 0 Å². The van der Waals surface area contributed by atoms with E-state index in [0.29, 0.717) is 6.42 Å². The second-order valence-electron chi connectivity index (χ2n) is 6.47. The number of aryl methyl sites for hydroxylation is 4. The molecule has 2 nitrogen and oxygen atoms in total. The molecule has 0 fully saturated rings. The summed E-state index contributed by atoms with van der Waals surface area (Å²) in [6.45, 7) is 10.4. The normalized spacial score (nSPS) is 17.1. The summed E-state index contributed by atoms with van der Waals surface area (Å²) in [4.78, 5) is 12.6. The van der Waals surface area contributed by atoms with Gasteiger partial charge in [-0.05, 0) is 74.1 Å². The highest BCUT2D eigenvalue weighted by molar-refractivity contribution is 6.01. The maximum atomic E-state index is 12.6. The molecule has 1 heterocycles. The summed E-state index contributed by atoms with van der Waals surface area (Å²) in [5.41, 5.74) is 7.78. The van der Waals surface area contributed by atoms with Gasteiger partial charge < -0.3 is 4.74 Å². The Morgan fingerprint density at radius 3 is 2.18 bits per heavy atom. The predicted molar refractivity (Wildman–Crippen MR) is 88.9 cm³/mol. The molecule has 0 aromatic heterocycles. The number of Topliss-reactive ketones (excluding diaryl/α,β-unsaturated/α-hetero) is 1. The summed E-state index contributed by atoms with van der Waals surface area (Å²) in [5, 5.41) is 0. The third-order valence-corrected chi connectivity index (χ3v) is 4.68. The molecule has 0 saturated heterocycles. The minimum atomic E-state index is -0.181. The van der Waals surface area contributed by atoms with Gasteiger partial charge in [0.05, 0.1) is 12.0 Å². The molecular formula is C20H22O2. The smallest absolute Gasteiger partial charge is 0.170 e. The van der Waals surface area contributed by atoms with Gasteiger partial charge in [-0.2, -0.15) is 0 Å². The number of carbonyl (C=O) groups excluding carboxylic acids is 1. The van der Waals surface area contributed by atoms with Gasteiger partial charge in [-0.1, -0.05) is 18.2 Å². The van der Waals surface area contributed by atoms with Gasteiger partial charge in [-0.3, -0.25) is 4.79 Å². The Morgan fingerprint density at radius 2 is 1.55 bits per heavy atom. The lowest BCUT2D eigenvalue weighted by molar-refractivity contribution is 0.0848. The standard InChI is InChI=1S/C20H22O2/c1-11-6-14(4)20-17(21)10-18(22-19(20)7-11)16-8-12(2)15(5)13(3)9-16/h6-9,18H,10H2,1-5H3. The van der Waals surface area contributed by atoms with Crippen LogP contribution in [0.4, 0.5) is 0 Å². The highest BCUT2D eigenvalue weighted by Crippen LogP contribution is 2.38. The first-order chi connectivity index (χ1) is 10.4. The summed E-state index contributed by atoms with van der Waals surface area (Å²) >= 11 is 0. The Kier molecular flexibility index (Phi) is 3.56. The fourth-order valence-corrected chi connectivity index (χ4v) is 3.29. The number of ether oxygens (including phenoxy) is 1. The Hall–Kier alpha value is -2.09. The second-order valence-corrected chi connectivity index (χ2v) is 6.47. The monoisotopic (exact) mass is 294 g/mol. The van der Waals surface area contributed by atoms with Crippen molar-refractivity contribution in [1.29, 1.82) is 0 Å². The molecule has 2 aromatic rings. The summed E-state index contributed by atoms with van der Waals surface area (Å²) in [6.07, 6.45) is 0.234. The van der Waals surface area contributed by atoms with Crippen LogP contribution in [0.1, 0.15) is 56.3 Å². The molecule has 114 valence electrons. The molecule has 1 atom stereocenters. The fourth-order valence-electron chi connectivity index (χ4n) is 3.29. The summed E-state index contributed by atoms with van der Waals surface area (Å²) in [5.74, 6) is 0.911. The zero-order valence-electron chi connectivity index (χ0n) is 13.9. The quantitative estimate of drug-likeness (QED) is 0.745. The van der Waals surface area contributed by atoms with E-state index in [9.17, 15) is 4.79 Å². The summed E-state index contributed by atoms with van der Waals surface area (Å²) < 4.78 is 6.18. The maximum absolute atomic E-state index is 12.6. The third-order valence-electron chi connectivity index (χ3n) is 4.68. The van der Waals surface area contributed by atoms with Gasteiger partial charge in [0, 0.05) is 0 Å². The average molecular weight is 294 g/mol. The van der Waals surface area contributed by atoms with Crippen molar-refractivity contribution in [2.75, 3.05) is 0 Å². The zero-order valence-corrected chi connectivity index (χ0v) is 13.9. The van der Waals surface area contributed by atoms with Crippen LogP contribution in [0.2, 0.25) is 0 Å². The van der Waals surface area contributed by atoms with E-state index in [0.717, 1.165) is 28.0 Å². The molecule has 0 saturated carbocycles. The molecule has 2 aromatic carbocycles. The SMILES string of the molecule is Cc1cc(C)c2c(c1)OC(c1cc(C)c(C)c(C)c1)CC2=O. The number of hydrogen-bond acceptors (Lipinski definition) is 2. The molecule has 0 aliphatic carbocycles. The molecule has 3 rings (SSSR count). The van der Waals surface area contributed by atoms with Crippen molar-refractivity contribution in [2.45, 2.75) is 47.1 Å². The Labute approximate surface area is 132 Å². The van der Waals surface area contributed by atoms with Crippen molar-refractivity contribution < 1.29 is 9.53 Å². The fraction of sp³-hybridized carbons (Fsp3) is 0.350. The molecule has 0 bridgehead atoms. The molecular weight excluding hydrogens is 272 g/mol. The summed E-state index contributed by atoms with van der Waals surface area (Å²) in [6, 6.07) is 8.31. The predicted octanol–water partition coefficient (Wildman–Crippen LogP) is 4.94. The first kappa shape index (κ1) is 14.8. The molecule has 0 amide bonds. The van der Waals surface area contributed by atoms with Crippen molar-refractivity contribution in [2.24, 2.45) is 0 Å². The van der Waals surface area contributed by atoms with Crippen LogP contribution in [0.25, 0.3) is 0 Å². The van der Waals surface area contributed by atoms with Crippen LogP contribution < -0.4 is 4.74 Å². The minimum absolute atomic E-state index is 0.180. The Balaban J connectivity index is 2.04. The van der Waals surface area contributed by atoms with E-state index in [-0.39, 0.29) is 11.9 Å². The zero-order chi connectivity index (χ0) is 16.0. The lowest BCUT2D eigenvalue weighted by Gasteiger charge is -2.27. The Morgan fingerprint density at radius 1 is 0.909 bits per heavy atom. The topological polar surface area (TPSA) is 26.3 Å². The van der Waals surface area contributed by atoms with Crippen LogP contribution in [0.5, 0.6) is 5.75 Å². The van der Waals surface area contributed by atoms with Crippen LogP contribution in [0.15, 0.2) is 24.3 Å². The van der Waals surface area contributed by atoms with Crippen LogP contribution >= 0.6 is 0 Å². The van der Waals surface area contributed by atoms with Gasteiger partial charge in [-0.15, -0.1) is 0 Å². The van der Waals surface area contributed by atoms with Gasteiger partial charge in [-0.25, -0.2) is 0 Å². The highest BCUT2D eigenvalue weighted by Gasteiger charge is 2.29. The van der Waals surface area contributed by atoms with Crippen LogP contribution in [-0.2, 0) is 0 Å². The number of benzene rings is 2. The van der Waals surface area contributed by atoms with Crippen LogP contribution in [0, 0.1) is 34.6 Å². The first-order valence-corrected chi connectivity index (χ1v) is 7.75. The Bertz CT molecular complexity index is 749. The molecule has 0 spiro atoms. The molecule has 22 heavy (non-hydrogen) atoms. The van der Waals surface area contributed by atoms with E-state index in [1.54, 1.807) is 0 Å². The van der Waals surface area contributed by atoms with E-state index in [4.69, 9.17) is 4.74 Å². The first-order valence-electron chi connectivity index (χ1n) is 7.75. The number of ketones is 1. The highest BCUT2D eigenvalue weighted by atomic mass is 16.5. The number of fused-ring (bicyclic) bond motifs is 1. The van der Waals surface area contributed by atoms with Crippen LogP contribution in [0.3, 0.4) is 0 Å². The maximum Gasteiger partial charge on any atom is 0.170 e. The van der Waals surface area contributed by atoms with Gasteiger partial charge in [0.15, 0.2) is 5.78 Å². The minimum Gasteiger partial charge on any atom is -0.484 e. The molecule has 0 radical (unpaired) electrons. The second kappa shape index (κ2) is 5.28. The van der Waals surface area contributed by atoms with Gasteiger partial charge in [0.2, 0.25) is 0 Å². The van der Waals surface area contributed by atoms with E-state index in [1.165, 1.54) is 16.7 Å². The lowest BCUT2D eigenvalue weighted by atomic mass is 9.90. The van der Waals surface area contributed by atoms with Crippen LogP contribution in [-0.4, -0.2) is 5.78 Å². The van der Waals surface area contributed by atoms with Crippen molar-refractivity contribution in [1.82, 2.24) is 0 Å². The van der Waals surface area contributed by atoms with E-state index in [2.05, 4.69) is 32.9 Å². The molecule has 1 aliphatic rings. The third kappa shape index (κ3) is 2.43. The van der Waals surface area contributed by atoms with E-state index >= 15 is 0 Å². The molecule has 2 heteroatoms. The number of rotatable bonds is 1.